The lowest BCUT2D eigenvalue weighted by atomic mass is 10.2. The number of nitrogens with zero attached hydrogens (tertiary/aromatic N) is 2. The Balaban J connectivity index is 2.37. The van der Waals surface area contributed by atoms with E-state index in [1.807, 2.05) is 20.2 Å². The summed E-state index contributed by atoms with van der Waals surface area (Å²) in [6.45, 7) is 1.87. The topological polar surface area (TPSA) is 65.1 Å². The molecule has 0 bridgehead atoms. The maximum atomic E-state index is 13.4. The monoisotopic (exact) mass is 250 g/mol. The van der Waals surface area contributed by atoms with Gasteiger partial charge in [-0.3, -0.25) is 4.68 Å². The highest BCUT2D eigenvalue weighted by Crippen LogP contribution is 2.30. The molecule has 5 nitrogen and oxygen atoms in total. The highest BCUT2D eigenvalue weighted by Gasteiger charge is 2.10. The van der Waals surface area contributed by atoms with Gasteiger partial charge in [-0.25, -0.2) is 4.39 Å². The van der Waals surface area contributed by atoms with Gasteiger partial charge in [0.2, 0.25) is 0 Å². The van der Waals surface area contributed by atoms with Crippen LogP contribution in [0.25, 0.3) is 0 Å². The number of aryl methyl sites for hydroxylation is 2. The quantitative estimate of drug-likeness (QED) is 0.820. The molecule has 0 amide bonds. The first kappa shape index (κ1) is 12.2. The number of nitrogens with two attached hydrogens (primary N) is 1. The second-order valence-electron chi connectivity index (χ2n) is 4.00. The van der Waals surface area contributed by atoms with Gasteiger partial charge in [-0.2, -0.15) is 5.10 Å². The minimum absolute atomic E-state index is 0.147. The minimum atomic E-state index is -0.483. The van der Waals surface area contributed by atoms with Crippen LogP contribution in [-0.4, -0.2) is 16.9 Å². The maximum Gasteiger partial charge on any atom is 0.167 e. The van der Waals surface area contributed by atoms with Crippen LogP contribution in [0.5, 0.6) is 5.75 Å². The van der Waals surface area contributed by atoms with E-state index in [1.165, 1.54) is 19.2 Å². The first-order chi connectivity index (χ1) is 8.51. The SMILES string of the molecule is COc1cc(Nc2cn(C)nc2C)c(N)cc1F. The fourth-order valence-electron chi connectivity index (χ4n) is 1.70. The smallest absolute Gasteiger partial charge is 0.167 e. The second-order valence-corrected chi connectivity index (χ2v) is 4.00. The zero-order chi connectivity index (χ0) is 13.3. The zero-order valence-corrected chi connectivity index (χ0v) is 10.5. The van der Waals surface area contributed by atoms with Crippen molar-refractivity contribution in [2.45, 2.75) is 6.92 Å². The van der Waals surface area contributed by atoms with Gasteiger partial charge >= 0.3 is 0 Å². The van der Waals surface area contributed by atoms with E-state index >= 15 is 0 Å². The Morgan fingerprint density at radius 3 is 2.67 bits per heavy atom. The molecule has 0 saturated carbocycles. The highest BCUT2D eigenvalue weighted by atomic mass is 19.1. The van der Waals surface area contributed by atoms with Crippen molar-refractivity contribution < 1.29 is 9.13 Å². The van der Waals surface area contributed by atoms with E-state index in [9.17, 15) is 4.39 Å². The van der Waals surface area contributed by atoms with Crippen LogP contribution in [0.4, 0.5) is 21.5 Å². The molecule has 2 rings (SSSR count). The molecule has 2 aromatic rings. The van der Waals surface area contributed by atoms with E-state index in [0.717, 1.165) is 11.4 Å². The average Bonchev–Trinajstić information content (AvgIpc) is 2.61. The lowest BCUT2D eigenvalue weighted by Crippen LogP contribution is -1.99. The molecule has 0 aliphatic rings. The van der Waals surface area contributed by atoms with Crippen LogP contribution in [-0.2, 0) is 7.05 Å². The molecule has 1 heterocycles. The van der Waals surface area contributed by atoms with E-state index in [0.29, 0.717) is 11.4 Å². The number of benzene rings is 1. The number of hydrogen-bond acceptors (Lipinski definition) is 4. The third kappa shape index (κ3) is 2.22. The number of halogens is 1. The van der Waals surface area contributed by atoms with Crippen molar-refractivity contribution in [2.24, 2.45) is 7.05 Å². The fourth-order valence-corrected chi connectivity index (χ4v) is 1.70. The summed E-state index contributed by atoms with van der Waals surface area (Å²) in [5.74, 6) is -0.336. The van der Waals surface area contributed by atoms with Gasteiger partial charge in [-0.1, -0.05) is 0 Å². The minimum Gasteiger partial charge on any atom is -0.494 e. The van der Waals surface area contributed by atoms with Gasteiger partial charge in [0, 0.05) is 25.4 Å². The first-order valence-electron chi connectivity index (χ1n) is 5.41. The Morgan fingerprint density at radius 1 is 1.39 bits per heavy atom. The predicted octanol–water partition coefficient (Wildman–Crippen LogP) is 2.20. The summed E-state index contributed by atoms with van der Waals surface area (Å²) in [7, 11) is 3.24. The van der Waals surface area contributed by atoms with Crippen LogP contribution >= 0.6 is 0 Å². The molecule has 0 aliphatic heterocycles. The Kier molecular flexibility index (Phi) is 3.10. The van der Waals surface area contributed by atoms with Crippen molar-refractivity contribution in [3.05, 3.63) is 29.8 Å². The molecule has 0 unspecified atom stereocenters. The van der Waals surface area contributed by atoms with Crippen LogP contribution in [0.2, 0.25) is 0 Å². The van der Waals surface area contributed by atoms with Crippen molar-refractivity contribution in [3.8, 4) is 5.75 Å². The molecule has 0 fully saturated rings. The highest BCUT2D eigenvalue weighted by molar-refractivity contribution is 5.74. The van der Waals surface area contributed by atoms with Crippen molar-refractivity contribution in [2.75, 3.05) is 18.2 Å². The van der Waals surface area contributed by atoms with Crippen molar-refractivity contribution in [1.82, 2.24) is 9.78 Å². The standard InChI is InChI=1S/C12H15FN4O/c1-7-11(6-17(2)16-7)15-10-5-12(18-3)8(13)4-9(10)14/h4-6,15H,14H2,1-3H3. The summed E-state index contributed by atoms with van der Waals surface area (Å²) in [5, 5.41) is 7.31. The van der Waals surface area contributed by atoms with E-state index in [-0.39, 0.29) is 5.75 Å². The Labute approximate surface area is 104 Å². The molecule has 0 saturated heterocycles. The molecule has 0 spiro atoms. The molecule has 3 N–H and O–H groups in total. The zero-order valence-electron chi connectivity index (χ0n) is 10.5. The van der Waals surface area contributed by atoms with Crippen LogP contribution in [0.1, 0.15) is 5.69 Å². The van der Waals surface area contributed by atoms with Gasteiger partial charge < -0.3 is 15.8 Å². The second kappa shape index (κ2) is 4.56. The Bertz CT molecular complexity index is 580. The molecule has 1 aromatic heterocycles. The third-order valence-corrected chi connectivity index (χ3v) is 2.61. The van der Waals surface area contributed by atoms with E-state index in [4.69, 9.17) is 10.5 Å². The molecule has 6 heteroatoms. The van der Waals surface area contributed by atoms with Crippen LogP contribution in [0.15, 0.2) is 18.3 Å². The summed E-state index contributed by atoms with van der Waals surface area (Å²) in [4.78, 5) is 0. The normalized spacial score (nSPS) is 10.4. The number of hydrogen-bond donors (Lipinski definition) is 2. The molecule has 18 heavy (non-hydrogen) atoms. The average molecular weight is 250 g/mol. The molecular weight excluding hydrogens is 235 g/mol. The van der Waals surface area contributed by atoms with Crippen molar-refractivity contribution in [3.63, 3.8) is 0 Å². The van der Waals surface area contributed by atoms with Gasteiger partial charge in [0.1, 0.15) is 0 Å². The molecule has 0 radical (unpaired) electrons. The number of anilines is 3. The van der Waals surface area contributed by atoms with E-state index in [1.54, 1.807) is 4.68 Å². The summed E-state index contributed by atoms with van der Waals surface area (Å²) >= 11 is 0. The largest absolute Gasteiger partial charge is 0.494 e. The summed E-state index contributed by atoms with van der Waals surface area (Å²) in [6, 6.07) is 2.75. The van der Waals surface area contributed by atoms with Gasteiger partial charge in [-0.15, -0.1) is 0 Å². The summed E-state index contributed by atoms with van der Waals surface area (Å²) < 4.78 is 20.0. The van der Waals surface area contributed by atoms with Gasteiger partial charge in [-0.05, 0) is 6.92 Å². The van der Waals surface area contributed by atoms with Crippen LogP contribution in [0, 0.1) is 12.7 Å². The molecule has 96 valence electrons. The Morgan fingerprint density at radius 2 is 2.11 bits per heavy atom. The molecule has 0 atom stereocenters. The lowest BCUT2D eigenvalue weighted by Gasteiger charge is -2.11. The first-order valence-corrected chi connectivity index (χ1v) is 5.41. The maximum absolute atomic E-state index is 13.4. The number of nitrogens with one attached hydrogen (secondary N) is 1. The third-order valence-electron chi connectivity index (χ3n) is 2.61. The van der Waals surface area contributed by atoms with Crippen LogP contribution in [0.3, 0.4) is 0 Å². The number of aromatic nitrogens is 2. The predicted molar refractivity (Wildman–Crippen MR) is 68.6 cm³/mol. The van der Waals surface area contributed by atoms with E-state index in [2.05, 4.69) is 10.4 Å². The Hall–Kier alpha value is -2.24. The van der Waals surface area contributed by atoms with Crippen molar-refractivity contribution in [1.29, 1.82) is 0 Å². The lowest BCUT2D eigenvalue weighted by molar-refractivity contribution is 0.387. The molecule has 1 aromatic carbocycles. The van der Waals surface area contributed by atoms with Gasteiger partial charge in [0.25, 0.3) is 0 Å². The fraction of sp³-hybridized carbons (Fsp3) is 0.250. The molecule has 0 aliphatic carbocycles. The van der Waals surface area contributed by atoms with Gasteiger partial charge in [0.15, 0.2) is 11.6 Å². The number of methoxy groups -OCH3 is 1. The summed E-state index contributed by atoms with van der Waals surface area (Å²) in [5.41, 5.74) is 8.32. The van der Waals surface area contributed by atoms with E-state index < -0.39 is 5.82 Å². The van der Waals surface area contributed by atoms with Crippen molar-refractivity contribution >= 4 is 17.1 Å². The number of nitrogen functional groups attached to an aromatic ring is 1. The van der Waals surface area contributed by atoms with Gasteiger partial charge in [0.05, 0.1) is 29.9 Å². The van der Waals surface area contributed by atoms with Crippen LogP contribution < -0.4 is 15.8 Å². The molecular formula is C12H15FN4O. The number of ether oxygens (including phenoxy) is 1. The summed E-state index contributed by atoms with van der Waals surface area (Å²) in [6.07, 6.45) is 1.82. The number of rotatable bonds is 3.